The minimum Gasteiger partial charge on any atom is -0.485 e. The Morgan fingerprint density at radius 1 is 1.32 bits per heavy atom. The van der Waals surface area contributed by atoms with Gasteiger partial charge in [-0.3, -0.25) is 9.89 Å². The van der Waals surface area contributed by atoms with Gasteiger partial charge in [-0.1, -0.05) is 12.1 Å². The second-order valence-electron chi connectivity index (χ2n) is 6.47. The molecule has 0 radical (unpaired) electrons. The zero-order chi connectivity index (χ0) is 19.5. The van der Waals surface area contributed by atoms with Crippen molar-refractivity contribution in [2.45, 2.75) is 19.4 Å². The van der Waals surface area contributed by atoms with E-state index in [4.69, 9.17) is 13.9 Å². The van der Waals surface area contributed by atoms with Crippen molar-refractivity contribution in [2.24, 2.45) is 0 Å². The van der Waals surface area contributed by atoms with Gasteiger partial charge in [-0.2, -0.15) is 5.10 Å². The van der Waals surface area contributed by atoms with Gasteiger partial charge in [-0.25, -0.2) is 4.79 Å². The average Bonchev–Trinajstić information content (AvgIpc) is 3.20. The molecule has 0 spiro atoms. The number of para-hydroxylation sites is 2. The summed E-state index contributed by atoms with van der Waals surface area (Å²) >= 11 is 0. The second kappa shape index (κ2) is 7.59. The Balaban J connectivity index is 1.47. The van der Waals surface area contributed by atoms with Crippen LogP contribution in [0.25, 0.3) is 0 Å². The first-order valence-electron chi connectivity index (χ1n) is 8.91. The summed E-state index contributed by atoms with van der Waals surface area (Å²) < 4.78 is 16.9. The van der Waals surface area contributed by atoms with Gasteiger partial charge in [0.05, 0.1) is 6.20 Å². The third kappa shape index (κ3) is 3.62. The number of benzene rings is 1. The first-order chi connectivity index (χ1) is 13.6. The number of amides is 1. The number of nitrogens with zero attached hydrogens (tertiary/aromatic N) is 1. The number of aryl methyl sites for hydroxylation is 1. The van der Waals surface area contributed by atoms with Gasteiger partial charge in [0.1, 0.15) is 12.2 Å². The number of aromatic amines is 1. The van der Waals surface area contributed by atoms with Crippen molar-refractivity contribution in [3.05, 3.63) is 75.6 Å². The summed E-state index contributed by atoms with van der Waals surface area (Å²) in [6.07, 6.45) is 3.49. The van der Waals surface area contributed by atoms with Crippen molar-refractivity contribution in [3.8, 4) is 11.5 Å². The van der Waals surface area contributed by atoms with E-state index in [1.165, 1.54) is 0 Å². The maximum atomic E-state index is 12.4. The Bertz CT molecular complexity index is 1040. The van der Waals surface area contributed by atoms with Gasteiger partial charge in [0.25, 0.3) is 5.91 Å². The molecule has 4 rings (SSSR count). The van der Waals surface area contributed by atoms with E-state index in [0.29, 0.717) is 35.8 Å². The zero-order valence-electron chi connectivity index (χ0n) is 15.2. The molecule has 1 aliphatic rings. The lowest BCUT2D eigenvalue weighted by molar-refractivity contribution is 0.0721. The quantitative estimate of drug-likeness (QED) is 0.701. The molecular weight excluding hydrogens is 362 g/mol. The molecule has 1 unspecified atom stereocenters. The Hall–Kier alpha value is -3.55. The summed E-state index contributed by atoms with van der Waals surface area (Å²) in [6.45, 7) is 2.30. The molecule has 1 amide bonds. The molecule has 8 heteroatoms. The predicted octanol–water partition coefficient (Wildman–Crippen LogP) is 2.16. The lowest BCUT2D eigenvalue weighted by Gasteiger charge is -2.25. The van der Waals surface area contributed by atoms with Crippen LogP contribution >= 0.6 is 0 Å². The first kappa shape index (κ1) is 17.8. The lowest BCUT2D eigenvalue weighted by atomic mass is 10.1. The van der Waals surface area contributed by atoms with Crippen molar-refractivity contribution < 1.29 is 18.7 Å². The molecule has 1 aliphatic heterocycles. The Morgan fingerprint density at radius 2 is 2.14 bits per heavy atom. The number of nitrogens with one attached hydrogen (secondary N) is 2. The molecule has 2 N–H and O–H groups in total. The van der Waals surface area contributed by atoms with E-state index < -0.39 is 17.6 Å². The third-order valence-corrected chi connectivity index (χ3v) is 4.47. The third-order valence-electron chi connectivity index (χ3n) is 4.47. The lowest BCUT2D eigenvalue weighted by Crippen LogP contribution is -2.32. The number of H-pyrrole nitrogens is 1. The molecule has 0 saturated heterocycles. The van der Waals surface area contributed by atoms with E-state index in [0.717, 1.165) is 5.56 Å². The summed E-state index contributed by atoms with van der Waals surface area (Å²) in [4.78, 5) is 24.9. The Labute approximate surface area is 160 Å². The topological polar surface area (TPSA) is 106 Å². The van der Waals surface area contributed by atoms with E-state index in [-0.39, 0.29) is 12.2 Å². The van der Waals surface area contributed by atoms with Crippen LogP contribution < -0.4 is 20.4 Å². The minimum atomic E-state index is -0.696. The van der Waals surface area contributed by atoms with E-state index in [2.05, 4.69) is 15.5 Å². The molecule has 3 heterocycles. The summed E-state index contributed by atoms with van der Waals surface area (Å²) in [6, 6.07) is 8.93. The molecule has 0 fully saturated rings. The molecule has 144 valence electrons. The molecule has 0 saturated carbocycles. The normalized spacial score (nSPS) is 15.2. The number of hydrogen-bond acceptors (Lipinski definition) is 6. The van der Waals surface area contributed by atoms with Crippen LogP contribution in [-0.4, -0.2) is 29.3 Å². The number of carbonyl (C=O) groups excluding carboxylic acids is 1. The summed E-state index contributed by atoms with van der Waals surface area (Å²) in [5.41, 5.74) is 0.787. The summed E-state index contributed by atoms with van der Waals surface area (Å²) in [7, 11) is 0. The highest BCUT2D eigenvalue weighted by Gasteiger charge is 2.26. The molecule has 28 heavy (non-hydrogen) atoms. The Morgan fingerprint density at radius 3 is 2.89 bits per heavy atom. The van der Waals surface area contributed by atoms with Crippen molar-refractivity contribution in [3.63, 3.8) is 0 Å². The van der Waals surface area contributed by atoms with Crippen LogP contribution in [0.4, 0.5) is 0 Å². The number of aromatic nitrogens is 2. The monoisotopic (exact) mass is 381 g/mol. The van der Waals surface area contributed by atoms with E-state index in [1.54, 1.807) is 31.5 Å². The van der Waals surface area contributed by atoms with E-state index in [9.17, 15) is 9.59 Å². The van der Waals surface area contributed by atoms with Crippen molar-refractivity contribution in [2.75, 3.05) is 13.2 Å². The molecule has 0 aliphatic carbocycles. The maximum absolute atomic E-state index is 12.4. The first-order valence-corrected chi connectivity index (χ1v) is 8.91. The van der Waals surface area contributed by atoms with Gasteiger partial charge in [0, 0.05) is 12.7 Å². The van der Waals surface area contributed by atoms with Crippen LogP contribution in [0.2, 0.25) is 0 Å². The number of rotatable bonds is 5. The van der Waals surface area contributed by atoms with Gasteiger partial charge in [0.15, 0.2) is 23.4 Å². The van der Waals surface area contributed by atoms with Crippen molar-refractivity contribution in [1.29, 1.82) is 0 Å². The van der Waals surface area contributed by atoms with Crippen LogP contribution in [0.5, 0.6) is 11.5 Å². The maximum Gasteiger partial charge on any atom is 0.349 e. The molecule has 3 aromatic rings. The fraction of sp³-hybridized carbons (Fsp3) is 0.250. The second-order valence-corrected chi connectivity index (χ2v) is 6.47. The van der Waals surface area contributed by atoms with Crippen molar-refractivity contribution >= 4 is 5.91 Å². The van der Waals surface area contributed by atoms with Gasteiger partial charge in [0.2, 0.25) is 0 Å². The molecule has 1 aromatic carbocycles. The average molecular weight is 381 g/mol. The van der Waals surface area contributed by atoms with Crippen LogP contribution in [0, 0.1) is 6.92 Å². The summed E-state index contributed by atoms with van der Waals surface area (Å²) in [5, 5.41) is 9.30. The van der Waals surface area contributed by atoms with Gasteiger partial charge in [-0.15, -0.1) is 0 Å². The summed E-state index contributed by atoms with van der Waals surface area (Å²) in [5.74, 6) is 1.09. The van der Waals surface area contributed by atoms with E-state index >= 15 is 0 Å². The van der Waals surface area contributed by atoms with Gasteiger partial charge >= 0.3 is 5.63 Å². The van der Waals surface area contributed by atoms with Crippen LogP contribution in [0.15, 0.2) is 51.9 Å². The Kier molecular flexibility index (Phi) is 4.84. The van der Waals surface area contributed by atoms with Crippen LogP contribution in [0.3, 0.4) is 0 Å². The largest absolute Gasteiger partial charge is 0.485 e. The molecule has 0 bridgehead atoms. The zero-order valence-corrected chi connectivity index (χ0v) is 15.2. The number of ether oxygens (including phenoxy) is 2. The number of hydrogen-bond donors (Lipinski definition) is 2. The number of carbonyl (C=O) groups is 1. The molecule has 2 aromatic heterocycles. The SMILES string of the molecule is Cc1cc(C2COc3ccccc3O2)oc(=O)c1C(=O)NCCc1cn[nH]c1. The van der Waals surface area contributed by atoms with Gasteiger partial charge in [-0.05, 0) is 42.7 Å². The predicted molar refractivity (Wildman–Crippen MR) is 99.6 cm³/mol. The van der Waals surface area contributed by atoms with Crippen molar-refractivity contribution in [1.82, 2.24) is 15.5 Å². The molecule has 8 nitrogen and oxygen atoms in total. The minimum absolute atomic E-state index is 0.00642. The smallest absolute Gasteiger partial charge is 0.349 e. The fourth-order valence-electron chi connectivity index (χ4n) is 3.05. The highest BCUT2D eigenvalue weighted by molar-refractivity contribution is 5.95. The standard InChI is InChI=1S/C20H19N3O5/c1-12-8-16(17-11-26-14-4-2-3-5-15(14)27-17)28-20(25)18(12)19(24)21-7-6-13-9-22-23-10-13/h2-5,8-10,17H,6-7,11H2,1H3,(H,21,24)(H,22,23). The highest BCUT2D eigenvalue weighted by atomic mass is 16.6. The van der Waals surface area contributed by atoms with E-state index in [1.807, 2.05) is 18.2 Å². The van der Waals surface area contributed by atoms with Gasteiger partial charge < -0.3 is 19.2 Å². The van der Waals surface area contributed by atoms with Crippen LogP contribution in [-0.2, 0) is 6.42 Å². The molecule has 1 atom stereocenters. The van der Waals surface area contributed by atoms with Crippen LogP contribution in [0.1, 0.15) is 33.3 Å². The fourth-order valence-corrected chi connectivity index (χ4v) is 3.05. The number of fused-ring (bicyclic) bond motifs is 1. The molecular formula is C20H19N3O5. The highest BCUT2D eigenvalue weighted by Crippen LogP contribution is 2.35.